The number of nitrogens with one attached hydrogen (secondary N) is 1. The van der Waals surface area contributed by atoms with Gasteiger partial charge in [0.25, 0.3) is 5.91 Å². The number of hydrogen-bond donors (Lipinski definition) is 1. The lowest BCUT2D eigenvalue weighted by Gasteiger charge is -2.24. The van der Waals surface area contributed by atoms with E-state index in [2.05, 4.69) is 5.32 Å². The van der Waals surface area contributed by atoms with Crippen LogP contribution >= 0.6 is 0 Å². The van der Waals surface area contributed by atoms with Crippen molar-refractivity contribution >= 4 is 17.8 Å². The largest absolute Gasteiger partial charge is 0.337 e. The quantitative estimate of drug-likeness (QED) is 0.829. The molecule has 1 aromatic rings. The van der Waals surface area contributed by atoms with Crippen molar-refractivity contribution in [2.45, 2.75) is 44.7 Å². The Morgan fingerprint density at radius 1 is 1.32 bits per heavy atom. The molecule has 0 atom stereocenters. The Hall–Kier alpha value is -2.44. The van der Waals surface area contributed by atoms with E-state index in [-0.39, 0.29) is 30.7 Å². The van der Waals surface area contributed by atoms with Gasteiger partial charge in [0.05, 0.1) is 0 Å². The van der Waals surface area contributed by atoms with Crippen molar-refractivity contribution in [2.75, 3.05) is 13.1 Å². The molecule has 6 nitrogen and oxygen atoms in total. The van der Waals surface area contributed by atoms with Crippen LogP contribution in [0.5, 0.6) is 0 Å². The van der Waals surface area contributed by atoms with Crippen LogP contribution in [0, 0.1) is 5.82 Å². The molecule has 1 spiro atoms. The van der Waals surface area contributed by atoms with Crippen LogP contribution in [-0.4, -0.2) is 46.3 Å². The summed E-state index contributed by atoms with van der Waals surface area (Å²) in [6, 6.07) is 5.54. The minimum absolute atomic E-state index is 0.238. The summed E-state index contributed by atoms with van der Waals surface area (Å²) in [6.45, 7) is 2.17. The van der Waals surface area contributed by atoms with Crippen molar-refractivity contribution in [3.05, 3.63) is 35.6 Å². The Balaban J connectivity index is 1.67. The first-order valence-corrected chi connectivity index (χ1v) is 8.61. The molecule has 1 saturated carbocycles. The number of benzene rings is 1. The fraction of sp³-hybridized carbons (Fsp3) is 0.500. The maximum absolute atomic E-state index is 13.3. The zero-order valence-electron chi connectivity index (χ0n) is 14.3. The van der Waals surface area contributed by atoms with E-state index in [0.717, 1.165) is 17.7 Å². The number of nitrogens with zero attached hydrogens (tertiary/aromatic N) is 2. The number of likely N-dealkylation sites (N-methyl/N-ethyl adjacent to an activating group) is 1. The molecule has 0 aromatic heterocycles. The summed E-state index contributed by atoms with van der Waals surface area (Å²) >= 11 is 0. The summed E-state index contributed by atoms with van der Waals surface area (Å²) in [4.78, 5) is 39.9. The maximum atomic E-state index is 13.3. The molecular formula is C18H22FN3O3. The lowest BCUT2D eigenvalue weighted by atomic mass is 9.98. The van der Waals surface area contributed by atoms with Gasteiger partial charge in [-0.3, -0.25) is 14.5 Å². The van der Waals surface area contributed by atoms with Gasteiger partial charge in [-0.05, 0) is 37.5 Å². The third kappa shape index (κ3) is 3.36. The number of carbonyl (C=O) groups excluding carboxylic acids is 3. The van der Waals surface area contributed by atoms with Gasteiger partial charge in [0.15, 0.2) is 0 Å². The van der Waals surface area contributed by atoms with Gasteiger partial charge < -0.3 is 10.2 Å². The highest BCUT2D eigenvalue weighted by Gasteiger charge is 2.52. The number of urea groups is 1. The Morgan fingerprint density at radius 2 is 2.04 bits per heavy atom. The van der Waals surface area contributed by atoms with Crippen LogP contribution in [0.2, 0.25) is 0 Å². The molecule has 0 bridgehead atoms. The van der Waals surface area contributed by atoms with Crippen molar-refractivity contribution in [2.24, 2.45) is 0 Å². The molecule has 4 amide bonds. The first-order valence-electron chi connectivity index (χ1n) is 8.61. The third-order valence-electron chi connectivity index (χ3n) is 4.99. The second kappa shape index (κ2) is 6.82. The van der Waals surface area contributed by atoms with Crippen molar-refractivity contribution in [3.8, 4) is 0 Å². The highest BCUT2D eigenvalue weighted by atomic mass is 19.1. The van der Waals surface area contributed by atoms with Crippen LogP contribution < -0.4 is 5.32 Å². The molecule has 1 saturated heterocycles. The Kier molecular flexibility index (Phi) is 4.74. The minimum Gasteiger partial charge on any atom is -0.337 e. The molecule has 1 aliphatic carbocycles. The molecule has 1 N–H and O–H groups in total. The van der Waals surface area contributed by atoms with Crippen LogP contribution in [0.1, 0.15) is 38.2 Å². The molecule has 1 aliphatic heterocycles. The number of imide groups is 1. The van der Waals surface area contributed by atoms with E-state index in [4.69, 9.17) is 0 Å². The van der Waals surface area contributed by atoms with Gasteiger partial charge in [-0.2, -0.15) is 0 Å². The fourth-order valence-corrected chi connectivity index (χ4v) is 3.60. The van der Waals surface area contributed by atoms with Crippen molar-refractivity contribution in [1.29, 1.82) is 0 Å². The normalized spacial score (nSPS) is 18.7. The summed E-state index contributed by atoms with van der Waals surface area (Å²) < 4.78 is 13.3. The predicted octanol–water partition coefficient (Wildman–Crippen LogP) is 2.04. The second-order valence-electron chi connectivity index (χ2n) is 6.65. The Bertz CT molecular complexity index is 701. The first-order chi connectivity index (χ1) is 11.9. The van der Waals surface area contributed by atoms with Crippen molar-refractivity contribution in [1.82, 2.24) is 15.1 Å². The van der Waals surface area contributed by atoms with E-state index < -0.39 is 11.6 Å². The molecule has 3 rings (SSSR count). The molecular weight excluding hydrogens is 325 g/mol. The van der Waals surface area contributed by atoms with Crippen molar-refractivity contribution in [3.63, 3.8) is 0 Å². The van der Waals surface area contributed by atoms with Crippen LogP contribution in [-0.2, 0) is 16.1 Å². The van der Waals surface area contributed by atoms with Crippen LogP contribution in [0.25, 0.3) is 0 Å². The van der Waals surface area contributed by atoms with Crippen LogP contribution in [0.15, 0.2) is 24.3 Å². The Labute approximate surface area is 146 Å². The topological polar surface area (TPSA) is 69.7 Å². The number of rotatable bonds is 5. The van der Waals surface area contributed by atoms with Gasteiger partial charge in [-0.1, -0.05) is 25.0 Å². The van der Waals surface area contributed by atoms with Gasteiger partial charge in [-0.25, -0.2) is 9.18 Å². The van der Waals surface area contributed by atoms with Gasteiger partial charge in [0.2, 0.25) is 5.91 Å². The molecule has 0 unspecified atom stereocenters. The van der Waals surface area contributed by atoms with Crippen LogP contribution in [0.3, 0.4) is 0 Å². The van der Waals surface area contributed by atoms with E-state index in [1.54, 1.807) is 12.1 Å². The zero-order valence-corrected chi connectivity index (χ0v) is 14.3. The van der Waals surface area contributed by atoms with Gasteiger partial charge in [0.1, 0.15) is 17.9 Å². The smallest absolute Gasteiger partial charge is 0.325 e. The number of hydrogen-bond acceptors (Lipinski definition) is 3. The SMILES string of the molecule is CCN(Cc1cccc(F)c1)C(=O)CN1C(=O)NC2(CCCC2)C1=O. The number of halogens is 1. The molecule has 25 heavy (non-hydrogen) atoms. The van der Waals surface area contributed by atoms with Gasteiger partial charge in [-0.15, -0.1) is 0 Å². The molecule has 0 radical (unpaired) electrons. The average molecular weight is 347 g/mol. The highest BCUT2D eigenvalue weighted by Crippen LogP contribution is 2.34. The van der Waals surface area contributed by atoms with Crippen LogP contribution in [0.4, 0.5) is 9.18 Å². The summed E-state index contributed by atoms with van der Waals surface area (Å²) in [7, 11) is 0. The first kappa shape index (κ1) is 17.4. The van der Waals surface area contributed by atoms with E-state index >= 15 is 0 Å². The number of amides is 4. The Morgan fingerprint density at radius 3 is 2.68 bits per heavy atom. The molecule has 1 aromatic carbocycles. The maximum Gasteiger partial charge on any atom is 0.325 e. The van der Waals surface area contributed by atoms with Gasteiger partial charge >= 0.3 is 6.03 Å². The zero-order chi connectivity index (χ0) is 18.0. The average Bonchev–Trinajstić information content (AvgIpc) is 3.14. The minimum atomic E-state index is -0.809. The van der Waals surface area contributed by atoms with Crippen molar-refractivity contribution < 1.29 is 18.8 Å². The lowest BCUT2D eigenvalue weighted by Crippen LogP contribution is -2.46. The fourth-order valence-electron chi connectivity index (χ4n) is 3.60. The molecule has 7 heteroatoms. The molecule has 2 aliphatic rings. The van der Waals surface area contributed by atoms with E-state index in [1.807, 2.05) is 6.92 Å². The molecule has 2 fully saturated rings. The monoisotopic (exact) mass is 347 g/mol. The second-order valence-corrected chi connectivity index (χ2v) is 6.65. The van der Waals surface area contributed by atoms with E-state index in [1.165, 1.54) is 17.0 Å². The summed E-state index contributed by atoms with van der Waals surface area (Å²) in [5.74, 6) is -0.992. The standard InChI is InChI=1S/C18H22FN3O3/c1-2-21(11-13-6-5-7-14(19)10-13)15(23)12-22-16(24)18(20-17(22)25)8-3-4-9-18/h5-7,10H,2-4,8-9,11-12H2,1H3,(H,20,25). The number of carbonyl (C=O) groups is 3. The van der Waals surface area contributed by atoms with Gasteiger partial charge in [0, 0.05) is 13.1 Å². The lowest BCUT2D eigenvalue weighted by molar-refractivity contribution is -0.139. The van der Waals surface area contributed by atoms with E-state index in [9.17, 15) is 18.8 Å². The third-order valence-corrected chi connectivity index (χ3v) is 4.99. The molecule has 134 valence electrons. The summed E-state index contributed by atoms with van der Waals surface area (Å²) in [6.07, 6.45) is 3.05. The summed E-state index contributed by atoms with van der Waals surface area (Å²) in [5, 5.41) is 2.77. The predicted molar refractivity (Wildman–Crippen MR) is 88.9 cm³/mol. The summed E-state index contributed by atoms with van der Waals surface area (Å²) in [5.41, 5.74) is -0.142. The van der Waals surface area contributed by atoms with E-state index in [0.29, 0.717) is 24.9 Å². The molecule has 1 heterocycles. The highest BCUT2D eigenvalue weighted by molar-refractivity contribution is 6.09.